The molecule has 0 aliphatic carbocycles. The standard InChI is InChI=1S/C13H23NO2SSi/c1-6-16-13(15)11-8-10(9-18(3,4)5)12(14-11)17-7-2/h9,11H,6-8H2,1-5H3/b10-9+. The summed E-state index contributed by atoms with van der Waals surface area (Å²) in [5.74, 6) is 0.794. The summed E-state index contributed by atoms with van der Waals surface area (Å²) in [6.07, 6.45) is 0.714. The molecule has 0 aromatic carbocycles. The highest BCUT2D eigenvalue weighted by Crippen LogP contribution is 2.28. The lowest BCUT2D eigenvalue weighted by Gasteiger charge is -2.12. The van der Waals surface area contributed by atoms with Gasteiger partial charge in [-0.05, 0) is 18.2 Å². The molecule has 0 bridgehead atoms. The molecule has 0 saturated heterocycles. The Hall–Kier alpha value is -0.553. The van der Waals surface area contributed by atoms with Crippen LogP contribution in [0.5, 0.6) is 0 Å². The molecule has 0 fully saturated rings. The van der Waals surface area contributed by atoms with Crippen molar-refractivity contribution in [3.05, 3.63) is 11.3 Å². The predicted octanol–water partition coefficient (Wildman–Crippen LogP) is 3.28. The van der Waals surface area contributed by atoms with Crippen molar-refractivity contribution in [1.29, 1.82) is 0 Å². The molecule has 1 atom stereocenters. The number of hydrogen-bond acceptors (Lipinski definition) is 4. The molecule has 1 aliphatic rings. The second-order valence-corrected chi connectivity index (χ2v) is 11.6. The molecule has 1 aliphatic heterocycles. The third-order valence-corrected chi connectivity index (χ3v) is 4.55. The molecule has 102 valence electrons. The Kier molecular flexibility index (Phi) is 5.66. The van der Waals surface area contributed by atoms with Crippen LogP contribution in [0.15, 0.2) is 16.3 Å². The van der Waals surface area contributed by atoms with Gasteiger partial charge in [0.15, 0.2) is 6.04 Å². The molecule has 0 saturated carbocycles. The first-order valence-electron chi connectivity index (χ1n) is 6.46. The Morgan fingerprint density at radius 2 is 2.17 bits per heavy atom. The Balaban J connectivity index is 2.87. The normalized spacial score (nSPS) is 22.2. The van der Waals surface area contributed by atoms with E-state index in [0.717, 1.165) is 10.8 Å². The van der Waals surface area contributed by atoms with Crippen LogP contribution in [0.3, 0.4) is 0 Å². The number of carbonyl (C=O) groups is 1. The molecule has 0 N–H and O–H groups in total. The van der Waals surface area contributed by atoms with Crippen LogP contribution in [0.4, 0.5) is 0 Å². The fourth-order valence-electron chi connectivity index (χ4n) is 1.85. The zero-order chi connectivity index (χ0) is 13.8. The summed E-state index contributed by atoms with van der Waals surface area (Å²) in [6.45, 7) is 11.3. The molecule has 18 heavy (non-hydrogen) atoms. The summed E-state index contributed by atoms with van der Waals surface area (Å²) < 4.78 is 5.06. The molecule has 3 nitrogen and oxygen atoms in total. The summed E-state index contributed by atoms with van der Waals surface area (Å²) in [5.41, 5.74) is 3.60. The van der Waals surface area contributed by atoms with Gasteiger partial charge in [-0.15, -0.1) is 11.8 Å². The van der Waals surface area contributed by atoms with E-state index >= 15 is 0 Å². The quantitative estimate of drug-likeness (QED) is 0.588. The highest BCUT2D eigenvalue weighted by atomic mass is 32.2. The number of thioether (sulfide) groups is 1. The van der Waals surface area contributed by atoms with Crippen LogP contribution >= 0.6 is 11.8 Å². The summed E-state index contributed by atoms with van der Waals surface area (Å²) >= 11 is 1.72. The lowest BCUT2D eigenvalue weighted by molar-refractivity contribution is -0.144. The monoisotopic (exact) mass is 285 g/mol. The minimum absolute atomic E-state index is 0.189. The summed E-state index contributed by atoms with van der Waals surface area (Å²) in [6, 6.07) is -0.318. The van der Waals surface area contributed by atoms with Crippen LogP contribution in [0, 0.1) is 0 Å². The van der Waals surface area contributed by atoms with E-state index in [1.165, 1.54) is 5.57 Å². The van der Waals surface area contributed by atoms with Crippen molar-refractivity contribution in [1.82, 2.24) is 0 Å². The lowest BCUT2D eigenvalue weighted by Crippen LogP contribution is -2.20. The zero-order valence-electron chi connectivity index (χ0n) is 11.9. The average Bonchev–Trinajstić information content (AvgIpc) is 2.60. The molecule has 1 unspecified atom stereocenters. The number of esters is 1. The van der Waals surface area contributed by atoms with E-state index in [4.69, 9.17) is 4.74 Å². The topological polar surface area (TPSA) is 38.7 Å². The van der Waals surface area contributed by atoms with E-state index in [1.54, 1.807) is 11.8 Å². The Morgan fingerprint density at radius 1 is 1.50 bits per heavy atom. The van der Waals surface area contributed by atoms with Crippen LogP contribution in [-0.4, -0.2) is 37.5 Å². The number of nitrogens with zero attached hydrogens (tertiary/aromatic N) is 1. The fraction of sp³-hybridized carbons (Fsp3) is 0.692. The summed E-state index contributed by atoms with van der Waals surface area (Å²) in [7, 11) is -1.28. The Bertz CT molecular complexity index is 372. The minimum Gasteiger partial charge on any atom is -0.464 e. The van der Waals surface area contributed by atoms with E-state index in [-0.39, 0.29) is 12.0 Å². The second kappa shape index (κ2) is 6.57. The van der Waals surface area contributed by atoms with Gasteiger partial charge in [0, 0.05) is 6.42 Å². The molecule has 0 spiro atoms. The predicted molar refractivity (Wildman–Crippen MR) is 82.0 cm³/mol. The molecule has 0 amide bonds. The third-order valence-electron chi connectivity index (χ3n) is 2.41. The Labute approximate surface area is 115 Å². The third kappa shape index (κ3) is 4.61. The first-order valence-corrected chi connectivity index (χ1v) is 11.0. The summed E-state index contributed by atoms with van der Waals surface area (Å²) in [5, 5.41) is 1.04. The minimum atomic E-state index is -1.28. The highest BCUT2D eigenvalue weighted by molar-refractivity contribution is 8.14. The van der Waals surface area contributed by atoms with E-state index in [1.807, 2.05) is 6.92 Å². The highest BCUT2D eigenvalue weighted by Gasteiger charge is 2.30. The van der Waals surface area contributed by atoms with Gasteiger partial charge in [0.25, 0.3) is 0 Å². The Morgan fingerprint density at radius 3 is 2.67 bits per heavy atom. The van der Waals surface area contributed by atoms with E-state index in [2.05, 4.69) is 37.3 Å². The average molecular weight is 285 g/mol. The van der Waals surface area contributed by atoms with Crippen LogP contribution in [0.2, 0.25) is 19.6 Å². The number of hydrogen-bond donors (Lipinski definition) is 0. The van der Waals surface area contributed by atoms with Gasteiger partial charge in [0.2, 0.25) is 0 Å². The van der Waals surface area contributed by atoms with E-state index in [0.29, 0.717) is 13.0 Å². The van der Waals surface area contributed by atoms with Crippen molar-refractivity contribution in [2.75, 3.05) is 12.4 Å². The van der Waals surface area contributed by atoms with Crippen molar-refractivity contribution in [3.8, 4) is 0 Å². The molecule has 1 rings (SSSR count). The van der Waals surface area contributed by atoms with Gasteiger partial charge in [0.1, 0.15) is 0 Å². The SMILES string of the molecule is CCOC(=O)C1C/C(=C\[Si](C)(C)C)C(SCC)=N1. The van der Waals surface area contributed by atoms with Crippen LogP contribution in [0.25, 0.3) is 0 Å². The number of aliphatic imine (C=N–C) groups is 1. The van der Waals surface area contributed by atoms with Gasteiger partial charge >= 0.3 is 5.97 Å². The van der Waals surface area contributed by atoms with Gasteiger partial charge in [0.05, 0.1) is 19.7 Å². The second-order valence-electron chi connectivity index (χ2n) is 5.37. The lowest BCUT2D eigenvalue weighted by atomic mass is 10.2. The number of carbonyl (C=O) groups excluding carboxylic acids is 1. The van der Waals surface area contributed by atoms with Gasteiger partial charge < -0.3 is 4.74 Å². The van der Waals surface area contributed by atoms with Crippen molar-refractivity contribution < 1.29 is 9.53 Å². The molecule has 5 heteroatoms. The van der Waals surface area contributed by atoms with Gasteiger partial charge in [-0.2, -0.15) is 0 Å². The van der Waals surface area contributed by atoms with Gasteiger partial charge in [-0.1, -0.05) is 32.3 Å². The largest absolute Gasteiger partial charge is 0.464 e. The van der Waals surface area contributed by atoms with Crippen molar-refractivity contribution >= 4 is 30.8 Å². The number of rotatable bonds is 4. The van der Waals surface area contributed by atoms with Crippen LogP contribution in [0.1, 0.15) is 20.3 Å². The van der Waals surface area contributed by atoms with Gasteiger partial charge in [-0.3, -0.25) is 4.99 Å². The fourth-order valence-corrected chi connectivity index (χ4v) is 4.06. The van der Waals surface area contributed by atoms with Crippen molar-refractivity contribution in [2.24, 2.45) is 4.99 Å². The van der Waals surface area contributed by atoms with Crippen molar-refractivity contribution in [2.45, 2.75) is 46.0 Å². The molecule has 0 radical (unpaired) electrons. The first-order chi connectivity index (χ1) is 8.37. The molecule has 0 aromatic heterocycles. The maximum absolute atomic E-state index is 11.8. The zero-order valence-corrected chi connectivity index (χ0v) is 13.8. The van der Waals surface area contributed by atoms with E-state index < -0.39 is 8.07 Å². The summed E-state index contributed by atoms with van der Waals surface area (Å²) in [4.78, 5) is 16.3. The number of ether oxygens (including phenoxy) is 1. The van der Waals surface area contributed by atoms with E-state index in [9.17, 15) is 4.79 Å². The maximum Gasteiger partial charge on any atom is 0.331 e. The van der Waals surface area contributed by atoms with Crippen LogP contribution in [-0.2, 0) is 9.53 Å². The van der Waals surface area contributed by atoms with Crippen molar-refractivity contribution in [3.63, 3.8) is 0 Å². The smallest absolute Gasteiger partial charge is 0.331 e. The first kappa shape index (κ1) is 15.5. The molecule has 0 aromatic rings. The maximum atomic E-state index is 11.8. The van der Waals surface area contributed by atoms with Crippen LogP contribution < -0.4 is 0 Å². The molecular weight excluding hydrogens is 262 g/mol. The van der Waals surface area contributed by atoms with Gasteiger partial charge in [-0.25, -0.2) is 4.79 Å². The molecular formula is C13H23NO2SSi. The molecule has 1 heterocycles.